The zero-order chi connectivity index (χ0) is 17.1. The third kappa shape index (κ3) is 3.16. The maximum absolute atomic E-state index is 14.0. The van der Waals surface area contributed by atoms with E-state index in [1.54, 1.807) is 28.8 Å². The van der Waals surface area contributed by atoms with Crippen molar-refractivity contribution in [2.75, 3.05) is 5.73 Å². The zero-order valence-electron chi connectivity index (χ0n) is 13.5. The summed E-state index contributed by atoms with van der Waals surface area (Å²) in [4.78, 5) is 0. The van der Waals surface area contributed by atoms with Gasteiger partial charge < -0.3 is 10.3 Å². The first-order valence-corrected chi connectivity index (χ1v) is 7.75. The molecule has 3 nitrogen and oxygen atoms in total. The van der Waals surface area contributed by atoms with Crippen LogP contribution in [0.2, 0.25) is 0 Å². The van der Waals surface area contributed by atoms with E-state index in [1.165, 1.54) is 11.6 Å². The number of benzene rings is 2. The number of aromatic nitrogens is 1. The van der Waals surface area contributed by atoms with Gasteiger partial charge in [-0.25, -0.2) is 4.39 Å². The van der Waals surface area contributed by atoms with Crippen molar-refractivity contribution in [2.45, 2.75) is 19.9 Å². The molecule has 120 valence electrons. The van der Waals surface area contributed by atoms with E-state index in [0.29, 0.717) is 23.4 Å². The Morgan fingerprint density at radius 2 is 1.83 bits per heavy atom. The Bertz CT molecular complexity index is 902. The Labute approximate surface area is 140 Å². The van der Waals surface area contributed by atoms with Gasteiger partial charge in [0.2, 0.25) is 0 Å². The van der Waals surface area contributed by atoms with Gasteiger partial charge in [0, 0.05) is 17.7 Å². The number of aryl methyl sites for hydroxylation is 1. The minimum Gasteiger partial charge on any atom is -0.397 e. The SMILES string of the molecule is Cc1ccc(Cc2c(N)cc(C#N)n2Cc2ccccc2F)cc1. The third-order valence-corrected chi connectivity index (χ3v) is 4.14. The summed E-state index contributed by atoms with van der Waals surface area (Å²) in [6.07, 6.45) is 0.599. The topological polar surface area (TPSA) is 54.7 Å². The van der Waals surface area contributed by atoms with Crippen molar-refractivity contribution in [3.05, 3.63) is 88.5 Å². The van der Waals surface area contributed by atoms with Gasteiger partial charge in [-0.2, -0.15) is 5.26 Å². The molecule has 0 bridgehead atoms. The van der Waals surface area contributed by atoms with E-state index in [0.717, 1.165) is 11.3 Å². The molecule has 3 aromatic rings. The lowest BCUT2D eigenvalue weighted by Gasteiger charge is -2.12. The second-order valence-electron chi connectivity index (χ2n) is 5.88. The lowest BCUT2D eigenvalue weighted by Crippen LogP contribution is -2.09. The van der Waals surface area contributed by atoms with Gasteiger partial charge in [0.25, 0.3) is 0 Å². The predicted molar refractivity (Wildman–Crippen MR) is 93.0 cm³/mol. The summed E-state index contributed by atoms with van der Waals surface area (Å²) >= 11 is 0. The van der Waals surface area contributed by atoms with Crippen molar-refractivity contribution in [2.24, 2.45) is 0 Å². The minimum atomic E-state index is -0.282. The fraction of sp³-hybridized carbons (Fsp3) is 0.150. The fourth-order valence-electron chi connectivity index (χ4n) is 2.78. The minimum absolute atomic E-state index is 0.282. The molecule has 0 amide bonds. The molecule has 0 aliphatic rings. The van der Waals surface area contributed by atoms with Crippen LogP contribution in [0.4, 0.5) is 10.1 Å². The molecule has 2 N–H and O–H groups in total. The van der Waals surface area contributed by atoms with Crippen LogP contribution >= 0.6 is 0 Å². The Morgan fingerprint density at radius 3 is 2.50 bits per heavy atom. The number of hydrogen-bond acceptors (Lipinski definition) is 2. The summed E-state index contributed by atoms with van der Waals surface area (Å²) < 4.78 is 15.8. The van der Waals surface area contributed by atoms with Gasteiger partial charge in [-0.05, 0) is 24.6 Å². The molecule has 0 radical (unpaired) electrons. The number of halogens is 1. The number of nitriles is 1. The Kier molecular flexibility index (Phi) is 4.35. The molecule has 4 heteroatoms. The summed E-state index contributed by atoms with van der Waals surface area (Å²) in [6, 6.07) is 18.6. The maximum Gasteiger partial charge on any atom is 0.128 e. The summed E-state index contributed by atoms with van der Waals surface area (Å²) in [5.74, 6) is -0.282. The van der Waals surface area contributed by atoms with Crippen molar-refractivity contribution < 1.29 is 4.39 Å². The standard InChI is InChI=1S/C20H18FN3/c1-14-6-8-15(9-7-14)10-20-19(23)11-17(12-22)24(20)13-16-4-2-3-5-18(16)21/h2-9,11H,10,13,23H2,1H3. The van der Waals surface area contributed by atoms with Crippen LogP contribution in [0.1, 0.15) is 28.1 Å². The highest BCUT2D eigenvalue weighted by Gasteiger charge is 2.15. The first-order chi connectivity index (χ1) is 11.6. The highest BCUT2D eigenvalue weighted by atomic mass is 19.1. The first kappa shape index (κ1) is 15.8. The molecule has 24 heavy (non-hydrogen) atoms. The van der Waals surface area contributed by atoms with Crippen LogP contribution in [0.5, 0.6) is 0 Å². The molecule has 0 atom stereocenters. The number of nitrogens with two attached hydrogens (primary N) is 1. The average molecular weight is 319 g/mol. The van der Waals surface area contributed by atoms with Gasteiger partial charge in [0.15, 0.2) is 0 Å². The van der Waals surface area contributed by atoms with Crippen LogP contribution in [0, 0.1) is 24.1 Å². The van der Waals surface area contributed by atoms with Gasteiger partial charge in [0.1, 0.15) is 17.6 Å². The number of rotatable bonds is 4. The lowest BCUT2D eigenvalue weighted by molar-refractivity contribution is 0.596. The van der Waals surface area contributed by atoms with Crippen molar-refractivity contribution in [1.82, 2.24) is 4.57 Å². The van der Waals surface area contributed by atoms with Gasteiger partial charge in [-0.15, -0.1) is 0 Å². The summed E-state index contributed by atoms with van der Waals surface area (Å²) in [5.41, 5.74) is 10.8. The molecule has 0 aliphatic carbocycles. The van der Waals surface area contributed by atoms with Crippen molar-refractivity contribution in [3.63, 3.8) is 0 Å². The number of anilines is 1. The molecule has 0 saturated heterocycles. The van der Waals surface area contributed by atoms with E-state index >= 15 is 0 Å². The van der Waals surface area contributed by atoms with Crippen LogP contribution in [-0.2, 0) is 13.0 Å². The molecule has 0 aliphatic heterocycles. The second kappa shape index (κ2) is 6.59. The monoisotopic (exact) mass is 319 g/mol. The van der Waals surface area contributed by atoms with Crippen LogP contribution < -0.4 is 5.73 Å². The summed E-state index contributed by atoms with van der Waals surface area (Å²) in [5, 5.41) is 9.39. The molecule has 0 fully saturated rings. The molecule has 0 saturated carbocycles. The number of nitrogen functional groups attached to an aromatic ring is 1. The molecular formula is C20H18FN3. The number of hydrogen-bond donors (Lipinski definition) is 1. The summed E-state index contributed by atoms with van der Waals surface area (Å²) in [6.45, 7) is 2.32. The van der Waals surface area contributed by atoms with Gasteiger partial charge in [0.05, 0.1) is 12.2 Å². The van der Waals surface area contributed by atoms with Crippen LogP contribution in [0.25, 0.3) is 0 Å². The lowest BCUT2D eigenvalue weighted by atomic mass is 10.1. The molecular weight excluding hydrogens is 301 g/mol. The van der Waals surface area contributed by atoms with Crippen LogP contribution in [0.3, 0.4) is 0 Å². The Hall–Kier alpha value is -3.06. The Morgan fingerprint density at radius 1 is 1.12 bits per heavy atom. The highest BCUT2D eigenvalue weighted by Crippen LogP contribution is 2.24. The average Bonchev–Trinajstić information content (AvgIpc) is 2.87. The predicted octanol–water partition coefficient (Wildman–Crippen LogP) is 4.03. The number of nitrogens with zero attached hydrogens (tertiary/aromatic N) is 2. The van der Waals surface area contributed by atoms with Crippen molar-refractivity contribution in [3.8, 4) is 6.07 Å². The van der Waals surface area contributed by atoms with Crippen LogP contribution in [0.15, 0.2) is 54.6 Å². The maximum atomic E-state index is 14.0. The smallest absolute Gasteiger partial charge is 0.128 e. The Balaban J connectivity index is 2.00. The van der Waals surface area contributed by atoms with E-state index < -0.39 is 0 Å². The van der Waals surface area contributed by atoms with Crippen molar-refractivity contribution in [1.29, 1.82) is 5.26 Å². The molecule has 0 unspecified atom stereocenters. The molecule has 2 aromatic carbocycles. The van der Waals surface area contributed by atoms with Gasteiger partial charge >= 0.3 is 0 Å². The van der Waals surface area contributed by atoms with E-state index in [1.807, 2.05) is 31.2 Å². The normalized spacial score (nSPS) is 10.5. The fourth-order valence-corrected chi connectivity index (χ4v) is 2.78. The molecule has 3 rings (SSSR count). The van der Waals surface area contributed by atoms with E-state index in [9.17, 15) is 9.65 Å². The third-order valence-electron chi connectivity index (χ3n) is 4.14. The van der Waals surface area contributed by atoms with Crippen LogP contribution in [-0.4, -0.2) is 4.57 Å². The van der Waals surface area contributed by atoms with Crippen molar-refractivity contribution >= 4 is 5.69 Å². The first-order valence-electron chi connectivity index (χ1n) is 7.75. The highest BCUT2D eigenvalue weighted by molar-refractivity contribution is 5.52. The van der Waals surface area contributed by atoms with Gasteiger partial charge in [-0.1, -0.05) is 48.0 Å². The zero-order valence-corrected chi connectivity index (χ0v) is 13.5. The quantitative estimate of drug-likeness (QED) is 0.789. The largest absolute Gasteiger partial charge is 0.397 e. The van der Waals surface area contributed by atoms with Gasteiger partial charge in [-0.3, -0.25) is 0 Å². The molecule has 1 aromatic heterocycles. The molecule has 1 heterocycles. The molecule has 0 spiro atoms. The summed E-state index contributed by atoms with van der Waals surface area (Å²) in [7, 11) is 0. The second-order valence-corrected chi connectivity index (χ2v) is 5.88. The van der Waals surface area contributed by atoms with E-state index in [2.05, 4.69) is 6.07 Å². The van der Waals surface area contributed by atoms with E-state index in [4.69, 9.17) is 5.73 Å². The van der Waals surface area contributed by atoms with E-state index in [-0.39, 0.29) is 12.4 Å².